The molecular weight excluding hydrogens is 285 g/mol. The summed E-state index contributed by atoms with van der Waals surface area (Å²) < 4.78 is 1.30. The van der Waals surface area contributed by atoms with Crippen LogP contribution in [0, 0.1) is 8.99 Å². The van der Waals surface area contributed by atoms with E-state index in [4.69, 9.17) is 0 Å². The maximum Gasteiger partial charge on any atom is 0.0367 e. The van der Waals surface area contributed by atoms with Crippen LogP contribution in [0.4, 0.5) is 0 Å². The van der Waals surface area contributed by atoms with Crippen molar-refractivity contribution in [2.75, 3.05) is 7.05 Å². The number of hydrogen-bond donors (Lipinski definition) is 1. The molecule has 0 radical (unpaired) electrons. The molecule has 1 rings (SSSR count). The molecular formula is C12H18IN. The van der Waals surface area contributed by atoms with E-state index in [9.17, 15) is 0 Å². The van der Waals surface area contributed by atoms with Gasteiger partial charge in [-0.15, -0.1) is 0 Å². The summed E-state index contributed by atoms with van der Waals surface area (Å²) >= 11 is 2.36. The van der Waals surface area contributed by atoms with Crippen molar-refractivity contribution in [3.8, 4) is 0 Å². The molecule has 0 heterocycles. The molecule has 0 fully saturated rings. The van der Waals surface area contributed by atoms with Gasteiger partial charge >= 0.3 is 0 Å². The van der Waals surface area contributed by atoms with Crippen molar-refractivity contribution in [3.63, 3.8) is 0 Å². The van der Waals surface area contributed by atoms with Gasteiger partial charge in [-0.3, -0.25) is 0 Å². The van der Waals surface area contributed by atoms with Gasteiger partial charge < -0.3 is 5.32 Å². The van der Waals surface area contributed by atoms with E-state index in [2.05, 4.69) is 72.9 Å². The Labute approximate surface area is 100 Å². The SMILES string of the molecule is CNC(c1cccc(I)c1)C(C)(C)C. The van der Waals surface area contributed by atoms with Crippen molar-refractivity contribution >= 4 is 22.6 Å². The van der Waals surface area contributed by atoms with Crippen LogP contribution in [0.15, 0.2) is 24.3 Å². The van der Waals surface area contributed by atoms with E-state index in [1.165, 1.54) is 9.13 Å². The van der Waals surface area contributed by atoms with Gasteiger partial charge in [-0.25, -0.2) is 0 Å². The number of nitrogens with one attached hydrogen (secondary N) is 1. The molecule has 0 aliphatic heterocycles. The molecule has 1 aromatic rings. The summed E-state index contributed by atoms with van der Waals surface area (Å²) in [5.41, 5.74) is 1.62. The minimum absolute atomic E-state index is 0.249. The fourth-order valence-electron chi connectivity index (χ4n) is 1.79. The van der Waals surface area contributed by atoms with Crippen molar-refractivity contribution in [2.45, 2.75) is 26.8 Å². The highest BCUT2D eigenvalue weighted by atomic mass is 127. The second-order valence-electron chi connectivity index (χ2n) is 4.64. The monoisotopic (exact) mass is 303 g/mol. The lowest BCUT2D eigenvalue weighted by molar-refractivity contribution is 0.287. The average molecular weight is 303 g/mol. The molecule has 0 amide bonds. The fourth-order valence-corrected chi connectivity index (χ4v) is 2.35. The minimum Gasteiger partial charge on any atom is -0.313 e. The van der Waals surface area contributed by atoms with E-state index in [1.807, 2.05) is 7.05 Å². The molecule has 1 aromatic carbocycles. The summed E-state index contributed by atoms with van der Waals surface area (Å²) in [6.07, 6.45) is 0. The van der Waals surface area contributed by atoms with Crippen LogP contribution in [-0.2, 0) is 0 Å². The first-order valence-electron chi connectivity index (χ1n) is 4.88. The van der Waals surface area contributed by atoms with Crippen LogP contribution in [0.5, 0.6) is 0 Å². The van der Waals surface area contributed by atoms with E-state index in [1.54, 1.807) is 0 Å². The molecule has 2 heteroatoms. The second kappa shape index (κ2) is 4.62. The van der Waals surface area contributed by atoms with Crippen molar-refractivity contribution in [1.82, 2.24) is 5.32 Å². The molecule has 1 N–H and O–H groups in total. The third-order valence-electron chi connectivity index (χ3n) is 2.34. The lowest BCUT2D eigenvalue weighted by Crippen LogP contribution is -2.29. The summed E-state index contributed by atoms with van der Waals surface area (Å²) in [6, 6.07) is 9.09. The van der Waals surface area contributed by atoms with Crippen molar-refractivity contribution in [2.24, 2.45) is 5.41 Å². The van der Waals surface area contributed by atoms with E-state index in [-0.39, 0.29) is 5.41 Å². The zero-order chi connectivity index (χ0) is 10.8. The standard InChI is InChI=1S/C12H18IN/c1-12(2,3)11(14-4)9-6-5-7-10(13)8-9/h5-8,11,14H,1-4H3. The van der Waals surface area contributed by atoms with Gasteiger partial charge in [0.15, 0.2) is 0 Å². The van der Waals surface area contributed by atoms with Crippen molar-refractivity contribution in [3.05, 3.63) is 33.4 Å². The van der Waals surface area contributed by atoms with Crippen LogP contribution < -0.4 is 5.32 Å². The first-order chi connectivity index (χ1) is 6.45. The molecule has 1 unspecified atom stereocenters. The number of benzene rings is 1. The largest absolute Gasteiger partial charge is 0.313 e. The molecule has 0 aromatic heterocycles. The number of halogens is 1. The Morgan fingerprint density at radius 2 is 1.93 bits per heavy atom. The van der Waals surface area contributed by atoms with E-state index < -0.39 is 0 Å². The smallest absolute Gasteiger partial charge is 0.0367 e. The fraction of sp³-hybridized carbons (Fsp3) is 0.500. The third-order valence-corrected chi connectivity index (χ3v) is 3.01. The Hall–Kier alpha value is -0.0900. The van der Waals surface area contributed by atoms with Gasteiger partial charge in [0.25, 0.3) is 0 Å². The summed E-state index contributed by atoms with van der Waals surface area (Å²) in [5, 5.41) is 3.38. The molecule has 0 bridgehead atoms. The zero-order valence-electron chi connectivity index (χ0n) is 9.26. The molecule has 14 heavy (non-hydrogen) atoms. The van der Waals surface area contributed by atoms with Gasteiger partial charge in [0, 0.05) is 9.61 Å². The maximum absolute atomic E-state index is 3.38. The Morgan fingerprint density at radius 1 is 1.29 bits per heavy atom. The summed E-state index contributed by atoms with van der Waals surface area (Å²) in [6.45, 7) is 6.77. The molecule has 0 saturated heterocycles. The van der Waals surface area contributed by atoms with Gasteiger partial charge in [-0.1, -0.05) is 32.9 Å². The highest BCUT2D eigenvalue weighted by Crippen LogP contribution is 2.32. The van der Waals surface area contributed by atoms with Crippen molar-refractivity contribution in [1.29, 1.82) is 0 Å². The van der Waals surface area contributed by atoms with Crippen LogP contribution >= 0.6 is 22.6 Å². The lowest BCUT2D eigenvalue weighted by Gasteiger charge is -2.30. The average Bonchev–Trinajstić information content (AvgIpc) is 2.02. The van der Waals surface area contributed by atoms with Gasteiger partial charge in [0.1, 0.15) is 0 Å². The predicted molar refractivity (Wildman–Crippen MR) is 70.4 cm³/mol. The quantitative estimate of drug-likeness (QED) is 0.823. The maximum atomic E-state index is 3.38. The summed E-state index contributed by atoms with van der Waals surface area (Å²) in [7, 11) is 2.02. The minimum atomic E-state index is 0.249. The number of rotatable bonds is 2. The highest BCUT2D eigenvalue weighted by molar-refractivity contribution is 14.1. The predicted octanol–water partition coefficient (Wildman–Crippen LogP) is 3.60. The second-order valence-corrected chi connectivity index (χ2v) is 5.89. The van der Waals surface area contributed by atoms with Crippen LogP contribution in [0.3, 0.4) is 0 Å². The molecule has 0 saturated carbocycles. The topological polar surface area (TPSA) is 12.0 Å². The zero-order valence-corrected chi connectivity index (χ0v) is 11.4. The molecule has 0 aliphatic carbocycles. The summed E-state index contributed by atoms with van der Waals surface area (Å²) in [4.78, 5) is 0. The lowest BCUT2D eigenvalue weighted by atomic mass is 9.82. The van der Waals surface area contributed by atoms with Crippen LogP contribution in [-0.4, -0.2) is 7.05 Å². The number of hydrogen-bond acceptors (Lipinski definition) is 1. The molecule has 0 aliphatic rings. The van der Waals surface area contributed by atoms with E-state index >= 15 is 0 Å². The van der Waals surface area contributed by atoms with Crippen LogP contribution in [0.2, 0.25) is 0 Å². The Bertz CT molecular complexity index is 301. The van der Waals surface area contributed by atoms with Gasteiger partial charge in [-0.05, 0) is 52.7 Å². The normalized spacial score (nSPS) is 14.1. The van der Waals surface area contributed by atoms with Crippen molar-refractivity contribution < 1.29 is 0 Å². The summed E-state index contributed by atoms with van der Waals surface area (Å²) in [5.74, 6) is 0. The third kappa shape index (κ3) is 2.95. The highest BCUT2D eigenvalue weighted by Gasteiger charge is 2.24. The Balaban J connectivity index is 3.01. The molecule has 78 valence electrons. The Kier molecular flexibility index (Phi) is 3.95. The van der Waals surface area contributed by atoms with Gasteiger partial charge in [0.2, 0.25) is 0 Å². The molecule has 1 nitrogen and oxygen atoms in total. The first kappa shape index (κ1) is 12.0. The van der Waals surface area contributed by atoms with E-state index in [0.29, 0.717) is 6.04 Å². The van der Waals surface area contributed by atoms with Gasteiger partial charge in [0.05, 0.1) is 0 Å². The van der Waals surface area contributed by atoms with Crippen LogP contribution in [0.25, 0.3) is 0 Å². The first-order valence-corrected chi connectivity index (χ1v) is 5.96. The van der Waals surface area contributed by atoms with E-state index in [0.717, 1.165) is 0 Å². The van der Waals surface area contributed by atoms with Gasteiger partial charge in [-0.2, -0.15) is 0 Å². The molecule has 0 spiro atoms. The Morgan fingerprint density at radius 3 is 2.36 bits per heavy atom. The van der Waals surface area contributed by atoms with Crippen LogP contribution in [0.1, 0.15) is 32.4 Å². The molecule has 1 atom stereocenters.